The molecular formula is C18H24BrN3O2. The first-order valence-electron chi connectivity index (χ1n) is 7.96. The summed E-state index contributed by atoms with van der Waals surface area (Å²) in [4.78, 5) is 19.9. The second kappa shape index (κ2) is 7.38. The predicted octanol–water partition coefficient (Wildman–Crippen LogP) is 5.06. The standard InChI is InChI=1S/C18H24BrN3O2/c1-11(2)15(22-17(23)24-18(3,4)5)16-20-10-14(21-16)12-6-8-13(19)9-7-12/h6-11,15H,1-5H3,(H,20,21)(H,22,23). The first kappa shape index (κ1) is 18.5. The number of nitrogens with one attached hydrogen (secondary N) is 2. The molecule has 0 spiro atoms. The van der Waals surface area contributed by atoms with Crippen molar-refractivity contribution in [1.29, 1.82) is 0 Å². The van der Waals surface area contributed by atoms with Crippen molar-refractivity contribution in [3.63, 3.8) is 0 Å². The highest BCUT2D eigenvalue weighted by atomic mass is 79.9. The number of aromatic amines is 1. The molecule has 0 aliphatic heterocycles. The van der Waals surface area contributed by atoms with E-state index in [2.05, 4.69) is 31.2 Å². The summed E-state index contributed by atoms with van der Waals surface area (Å²) in [6.45, 7) is 9.59. The second-order valence-corrected chi connectivity index (χ2v) is 7.96. The number of rotatable bonds is 4. The van der Waals surface area contributed by atoms with Gasteiger partial charge in [0.1, 0.15) is 11.4 Å². The van der Waals surface area contributed by atoms with E-state index in [0.29, 0.717) is 5.82 Å². The third kappa shape index (κ3) is 5.09. The molecule has 0 aliphatic carbocycles. The number of hydrogen-bond acceptors (Lipinski definition) is 3. The lowest BCUT2D eigenvalue weighted by Crippen LogP contribution is -2.37. The lowest BCUT2D eigenvalue weighted by molar-refractivity contribution is 0.0486. The van der Waals surface area contributed by atoms with Gasteiger partial charge in [-0.1, -0.05) is 41.9 Å². The number of nitrogens with zero attached hydrogens (tertiary/aromatic N) is 1. The molecule has 1 atom stereocenters. The van der Waals surface area contributed by atoms with Crippen LogP contribution < -0.4 is 5.32 Å². The topological polar surface area (TPSA) is 67.0 Å². The molecule has 1 aromatic heterocycles. The molecular weight excluding hydrogens is 370 g/mol. The first-order chi connectivity index (χ1) is 11.2. The minimum atomic E-state index is -0.530. The van der Waals surface area contributed by atoms with Crippen LogP contribution in [-0.4, -0.2) is 21.7 Å². The zero-order chi connectivity index (χ0) is 17.9. The second-order valence-electron chi connectivity index (χ2n) is 7.05. The number of aromatic nitrogens is 2. The largest absolute Gasteiger partial charge is 0.444 e. The van der Waals surface area contributed by atoms with E-state index in [1.807, 2.05) is 65.1 Å². The van der Waals surface area contributed by atoms with Crippen LogP contribution in [0.4, 0.5) is 4.79 Å². The molecule has 0 saturated carbocycles. The average Bonchev–Trinajstić information content (AvgIpc) is 2.92. The molecule has 6 heteroatoms. The molecule has 2 aromatic rings. The van der Waals surface area contributed by atoms with Gasteiger partial charge in [-0.25, -0.2) is 9.78 Å². The van der Waals surface area contributed by atoms with E-state index in [-0.39, 0.29) is 12.0 Å². The van der Waals surface area contributed by atoms with Crippen molar-refractivity contribution in [3.05, 3.63) is 40.8 Å². The fourth-order valence-electron chi connectivity index (χ4n) is 2.25. The molecule has 1 unspecified atom stereocenters. The number of benzene rings is 1. The number of alkyl carbamates (subject to hydrolysis) is 1. The van der Waals surface area contributed by atoms with E-state index in [9.17, 15) is 4.79 Å². The van der Waals surface area contributed by atoms with E-state index in [0.717, 1.165) is 15.7 Å². The Morgan fingerprint density at radius 3 is 2.42 bits per heavy atom. The van der Waals surface area contributed by atoms with Crippen LogP contribution in [0.15, 0.2) is 34.9 Å². The van der Waals surface area contributed by atoms with Crippen molar-refractivity contribution in [3.8, 4) is 11.3 Å². The number of carbonyl (C=O) groups is 1. The maximum Gasteiger partial charge on any atom is 0.408 e. The van der Waals surface area contributed by atoms with Gasteiger partial charge in [-0.05, 0) is 38.8 Å². The van der Waals surface area contributed by atoms with E-state index in [1.54, 1.807) is 0 Å². The van der Waals surface area contributed by atoms with Gasteiger partial charge in [0.05, 0.1) is 11.7 Å². The Bertz CT molecular complexity index is 687. The van der Waals surface area contributed by atoms with Crippen LogP contribution in [0.5, 0.6) is 0 Å². The normalized spacial score (nSPS) is 13.0. The minimum Gasteiger partial charge on any atom is -0.444 e. The van der Waals surface area contributed by atoms with Crippen LogP contribution >= 0.6 is 15.9 Å². The van der Waals surface area contributed by atoms with Crippen molar-refractivity contribution in [2.45, 2.75) is 46.3 Å². The van der Waals surface area contributed by atoms with Crippen LogP contribution in [0, 0.1) is 5.92 Å². The number of imidazole rings is 1. The number of halogens is 1. The van der Waals surface area contributed by atoms with Crippen molar-refractivity contribution in [2.24, 2.45) is 5.92 Å². The van der Waals surface area contributed by atoms with Crippen LogP contribution in [0.1, 0.15) is 46.5 Å². The lowest BCUT2D eigenvalue weighted by Gasteiger charge is -2.24. The Kier molecular flexibility index (Phi) is 5.70. The summed E-state index contributed by atoms with van der Waals surface area (Å²) in [5.41, 5.74) is 1.33. The van der Waals surface area contributed by atoms with Gasteiger partial charge in [0.25, 0.3) is 0 Å². The van der Waals surface area contributed by atoms with Crippen molar-refractivity contribution in [2.75, 3.05) is 0 Å². The highest BCUT2D eigenvalue weighted by Gasteiger charge is 2.24. The Hall–Kier alpha value is -1.82. The summed E-state index contributed by atoms with van der Waals surface area (Å²) < 4.78 is 6.37. The Morgan fingerprint density at radius 1 is 1.25 bits per heavy atom. The monoisotopic (exact) mass is 393 g/mol. The molecule has 2 N–H and O–H groups in total. The summed E-state index contributed by atoms with van der Waals surface area (Å²) in [5.74, 6) is 0.884. The molecule has 0 radical (unpaired) electrons. The van der Waals surface area contributed by atoms with Crippen LogP contribution in [-0.2, 0) is 4.74 Å². The summed E-state index contributed by atoms with van der Waals surface area (Å²) in [5, 5.41) is 2.90. The fourth-order valence-corrected chi connectivity index (χ4v) is 2.51. The van der Waals surface area contributed by atoms with Gasteiger partial charge in [-0.15, -0.1) is 0 Å². The van der Waals surface area contributed by atoms with Crippen molar-refractivity contribution >= 4 is 22.0 Å². The molecule has 2 rings (SSSR count). The number of hydrogen-bond donors (Lipinski definition) is 2. The van der Waals surface area contributed by atoms with E-state index >= 15 is 0 Å². The van der Waals surface area contributed by atoms with Gasteiger partial charge in [0.2, 0.25) is 0 Å². The SMILES string of the molecule is CC(C)C(NC(=O)OC(C)(C)C)c1nc(-c2ccc(Br)cc2)c[nH]1. The van der Waals surface area contributed by atoms with E-state index in [1.165, 1.54) is 0 Å². The first-order valence-corrected chi connectivity index (χ1v) is 8.76. The van der Waals surface area contributed by atoms with Crippen LogP contribution in [0.3, 0.4) is 0 Å². The molecule has 1 heterocycles. The van der Waals surface area contributed by atoms with Crippen molar-refractivity contribution < 1.29 is 9.53 Å². The Labute approximate surface area is 151 Å². The van der Waals surface area contributed by atoms with Gasteiger partial charge in [0.15, 0.2) is 0 Å². The van der Waals surface area contributed by atoms with Gasteiger partial charge >= 0.3 is 6.09 Å². The Morgan fingerprint density at radius 2 is 1.88 bits per heavy atom. The highest BCUT2D eigenvalue weighted by molar-refractivity contribution is 9.10. The Balaban J connectivity index is 2.17. The molecule has 5 nitrogen and oxygen atoms in total. The minimum absolute atomic E-state index is 0.168. The molecule has 130 valence electrons. The number of amides is 1. The lowest BCUT2D eigenvalue weighted by atomic mass is 10.0. The molecule has 24 heavy (non-hydrogen) atoms. The average molecular weight is 394 g/mol. The predicted molar refractivity (Wildman–Crippen MR) is 98.7 cm³/mol. The maximum absolute atomic E-state index is 12.1. The van der Waals surface area contributed by atoms with E-state index < -0.39 is 11.7 Å². The highest BCUT2D eigenvalue weighted by Crippen LogP contribution is 2.25. The van der Waals surface area contributed by atoms with Crippen molar-refractivity contribution in [1.82, 2.24) is 15.3 Å². The maximum atomic E-state index is 12.1. The summed E-state index contributed by atoms with van der Waals surface area (Å²) in [6.07, 6.45) is 1.41. The third-order valence-electron chi connectivity index (χ3n) is 3.37. The molecule has 1 aromatic carbocycles. The zero-order valence-electron chi connectivity index (χ0n) is 14.7. The van der Waals surface area contributed by atoms with Gasteiger partial charge < -0.3 is 15.0 Å². The van der Waals surface area contributed by atoms with Crippen LogP contribution in [0.2, 0.25) is 0 Å². The van der Waals surface area contributed by atoms with Gasteiger partial charge in [-0.2, -0.15) is 0 Å². The summed E-state index contributed by atoms with van der Waals surface area (Å²) in [7, 11) is 0. The fraction of sp³-hybridized carbons (Fsp3) is 0.444. The molecule has 0 bridgehead atoms. The van der Waals surface area contributed by atoms with Gasteiger partial charge in [-0.3, -0.25) is 0 Å². The number of H-pyrrole nitrogens is 1. The quantitative estimate of drug-likeness (QED) is 0.762. The third-order valence-corrected chi connectivity index (χ3v) is 3.90. The number of carbonyl (C=O) groups excluding carboxylic acids is 1. The summed E-state index contributed by atoms with van der Waals surface area (Å²) in [6, 6.07) is 7.69. The summed E-state index contributed by atoms with van der Waals surface area (Å²) >= 11 is 3.43. The molecule has 0 fully saturated rings. The molecule has 0 saturated heterocycles. The molecule has 0 aliphatic rings. The zero-order valence-corrected chi connectivity index (χ0v) is 16.3. The van der Waals surface area contributed by atoms with Crippen LogP contribution in [0.25, 0.3) is 11.3 Å². The van der Waals surface area contributed by atoms with Gasteiger partial charge in [0, 0.05) is 16.2 Å². The van der Waals surface area contributed by atoms with E-state index in [4.69, 9.17) is 4.74 Å². The smallest absolute Gasteiger partial charge is 0.408 e. The number of ether oxygens (including phenoxy) is 1. The molecule has 1 amide bonds.